The molecule has 5 nitrogen and oxygen atoms in total. The number of thioether (sulfide) groups is 1. The van der Waals surface area contributed by atoms with E-state index in [1.807, 2.05) is 6.26 Å². The van der Waals surface area contributed by atoms with Crippen molar-refractivity contribution in [2.45, 2.75) is 11.7 Å². The van der Waals surface area contributed by atoms with Crippen LogP contribution in [0.5, 0.6) is 5.75 Å². The van der Waals surface area contributed by atoms with Gasteiger partial charge in [0.25, 0.3) is 0 Å². The normalized spacial score (nSPS) is 10.7. The number of ether oxygens (including phenoxy) is 1. The van der Waals surface area contributed by atoms with E-state index in [2.05, 4.69) is 10.2 Å². The highest BCUT2D eigenvalue weighted by Crippen LogP contribution is 2.32. The van der Waals surface area contributed by atoms with Gasteiger partial charge >= 0.3 is 0 Å². The Morgan fingerprint density at radius 2 is 2.00 bits per heavy atom. The second-order valence-electron chi connectivity index (χ2n) is 3.60. The molecule has 102 valence electrons. The molecule has 8 heteroatoms. The van der Waals surface area contributed by atoms with E-state index in [4.69, 9.17) is 33.7 Å². The zero-order valence-electron chi connectivity index (χ0n) is 10.1. The van der Waals surface area contributed by atoms with Crippen LogP contribution >= 0.6 is 35.0 Å². The predicted octanol–water partition coefficient (Wildman–Crippen LogP) is 2.97. The van der Waals surface area contributed by atoms with Gasteiger partial charge in [-0.2, -0.15) is 0 Å². The Balaban J connectivity index is 2.02. The van der Waals surface area contributed by atoms with Crippen LogP contribution < -0.4 is 10.5 Å². The zero-order chi connectivity index (χ0) is 13.8. The number of anilines is 1. The fourth-order valence-corrected chi connectivity index (χ4v) is 2.55. The van der Waals surface area contributed by atoms with E-state index in [1.54, 1.807) is 22.8 Å². The van der Waals surface area contributed by atoms with Crippen molar-refractivity contribution in [2.24, 2.45) is 0 Å². The van der Waals surface area contributed by atoms with E-state index >= 15 is 0 Å². The van der Waals surface area contributed by atoms with Gasteiger partial charge in [0.1, 0.15) is 6.61 Å². The number of benzene rings is 1. The minimum Gasteiger partial charge on any atom is -0.489 e. The van der Waals surface area contributed by atoms with Gasteiger partial charge in [0.15, 0.2) is 10.9 Å². The Hall–Kier alpha value is -1.11. The summed E-state index contributed by atoms with van der Waals surface area (Å²) in [5.41, 5.74) is 5.72. The smallest absolute Gasteiger partial charge is 0.222 e. The fourth-order valence-electron chi connectivity index (χ4n) is 1.52. The molecule has 0 saturated heterocycles. The molecule has 0 saturated carbocycles. The molecule has 0 aliphatic heterocycles. The largest absolute Gasteiger partial charge is 0.489 e. The van der Waals surface area contributed by atoms with E-state index in [1.165, 1.54) is 11.8 Å². The third kappa shape index (κ3) is 3.26. The van der Waals surface area contributed by atoms with Gasteiger partial charge in [-0.05, 0) is 18.4 Å². The lowest BCUT2D eigenvalue weighted by atomic mass is 10.3. The molecule has 0 bridgehead atoms. The molecule has 0 aliphatic carbocycles. The van der Waals surface area contributed by atoms with Crippen molar-refractivity contribution < 1.29 is 4.74 Å². The summed E-state index contributed by atoms with van der Waals surface area (Å²) in [6.45, 7) is 0.899. The van der Waals surface area contributed by atoms with Gasteiger partial charge < -0.3 is 10.5 Å². The van der Waals surface area contributed by atoms with Gasteiger partial charge in [0, 0.05) is 0 Å². The Bertz CT molecular complexity index is 556. The molecule has 0 radical (unpaired) electrons. The Kier molecular flexibility index (Phi) is 4.79. The van der Waals surface area contributed by atoms with E-state index in [9.17, 15) is 0 Å². The summed E-state index contributed by atoms with van der Waals surface area (Å²) in [4.78, 5) is 0. The van der Waals surface area contributed by atoms with Crippen LogP contribution in [0.15, 0.2) is 23.4 Å². The summed E-state index contributed by atoms with van der Waals surface area (Å²) in [6, 6.07) is 5.22. The lowest BCUT2D eigenvalue weighted by Gasteiger charge is -2.11. The first kappa shape index (κ1) is 14.3. The summed E-state index contributed by atoms with van der Waals surface area (Å²) in [5.74, 6) is 0.835. The maximum absolute atomic E-state index is 6.01. The monoisotopic (exact) mass is 318 g/mol. The number of nitrogen functional groups attached to an aromatic ring is 1. The van der Waals surface area contributed by atoms with Crippen LogP contribution in [0.3, 0.4) is 0 Å². The topological polar surface area (TPSA) is 66.0 Å². The minimum absolute atomic E-state index is 0.359. The quantitative estimate of drug-likeness (QED) is 0.858. The maximum Gasteiger partial charge on any atom is 0.222 e. The lowest BCUT2D eigenvalue weighted by Crippen LogP contribution is -2.12. The Labute approximate surface area is 125 Å². The molecule has 0 amide bonds. The van der Waals surface area contributed by atoms with Crippen LogP contribution in [0.4, 0.5) is 5.95 Å². The van der Waals surface area contributed by atoms with Crippen LogP contribution in [0.2, 0.25) is 10.0 Å². The highest BCUT2D eigenvalue weighted by Gasteiger charge is 2.10. The van der Waals surface area contributed by atoms with Gasteiger partial charge in [-0.15, -0.1) is 10.2 Å². The first-order chi connectivity index (χ1) is 9.13. The Morgan fingerprint density at radius 1 is 1.32 bits per heavy atom. The SMILES string of the molecule is CSc1nnc(N)n1CCOc1c(Cl)cccc1Cl. The molecule has 2 aromatic rings. The van der Waals surface area contributed by atoms with Crippen LogP contribution in [-0.4, -0.2) is 27.6 Å². The highest BCUT2D eigenvalue weighted by molar-refractivity contribution is 7.98. The summed E-state index contributed by atoms with van der Waals surface area (Å²) in [5, 5.41) is 9.45. The van der Waals surface area contributed by atoms with Crippen LogP contribution in [0.25, 0.3) is 0 Å². The molecule has 0 spiro atoms. The highest BCUT2D eigenvalue weighted by atomic mass is 35.5. The number of hydrogen-bond donors (Lipinski definition) is 1. The van der Waals surface area contributed by atoms with Crippen molar-refractivity contribution in [2.75, 3.05) is 18.6 Å². The van der Waals surface area contributed by atoms with Crippen molar-refractivity contribution in [3.63, 3.8) is 0 Å². The van der Waals surface area contributed by atoms with Crippen molar-refractivity contribution in [3.05, 3.63) is 28.2 Å². The van der Waals surface area contributed by atoms with Crippen molar-refractivity contribution in [1.82, 2.24) is 14.8 Å². The minimum atomic E-state index is 0.359. The number of hydrogen-bond acceptors (Lipinski definition) is 5. The summed E-state index contributed by atoms with van der Waals surface area (Å²) < 4.78 is 7.36. The van der Waals surface area contributed by atoms with Gasteiger partial charge in [0.2, 0.25) is 5.95 Å². The molecular weight excluding hydrogens is 307 g/mol. The van der Waals surface area contributed by atoms with E-state index in [-0.39, 0.29) is 0 Å². The number of halogens is 2. The average molecular weight is 319 g/mol. The van der Waals surface area contributed by atoms with E-state index in [0.29, 0.717) is 34.9 Å². The van der Waals surface area contributed by atoms with Gasteiger partial charge in [-0.3, -0.25) is 4.57 Å². The second-order valence-corrected chi connectivity index (χ2v) is 5.18. The van der Waals surface area contributed by atoms with E-state index in [0.717, 1.165) is 5.16 Å². The van der Waals surface area contributed by atoms with Gasteiger partial charge in [-0.25, -0.2) is 0 Å². The number of nitrogens with zero attached hydrogens (tertiary/aromatic N) is 3. The summed E-state index contributed by atoms with van der Waals surface area (Å²) >= 11 is 13.5. The summed E-state index contributed by atoms with van der Waals surface area (Å²) in [6.07, 6.45) is 1.91. The van der Waals surface area contributed by atoms with Crippen molar-refractivity contribution in [1.29, 1.82) is 0 Å². The lowest BCUT2D eigenvalue weighted by molar-refractivity contribution is 0.295. The molecule has 0 atom stereocenters. The fraction of sp³-hybridized carbons (Fsp3) is 0.273. The molecule has 1 aromatic carbocycles. The predicted molar refractivity (Wildman–Crippen MR) is 78.2 cm³/mol. The van der Waals surface area contributed by atoms with Crippen molar-refractivity contribution in [3.8, 4) is 5.75 Å². The van der Waals surface area contributed by atoms with Crippen molar-refractivity contribution >= 4 is 40.9 Å². The Morgan fingerprint density at radius 3 is 2.63 bits per heavy atom. The van der Waals surface area contributed by atoms with Gasteiger partial charge in [0.05, 0.1) is 16.6 Å². The summed E-state index contributed by atoms with van der Waals surface area (Å²) in [7, 11) is 0. The molecule has 0 unspecified atom stereocenters. The molecule has 1 heterocycles. The molecule has 1 aromatic heterocycles. The molecule has 0 aliphatic rings. The molecular formula is C11H12Cl2N4OS. The van der Waals surface area contributed by atoms with Crippen LogP contribution in [0, 0.1) is 0 Å². The van der Waals surface area contributed by atoms with Crippen LogP contribution in [-0.2, 0) is 6.54 Å². The molecule has 2 rings (SSSR count). The third-order valence-corrected chi connectivity index (χ3v) is 3.67. The van der Waals surface area contributed by atoms with Gasteiger partial charge in [-0.1, -0.05) is 41.0 Å². The van der Waals surface area contributed by atoms with E-state index < -0.39 is 0 Å². The number of para-hydroxylation sites is 1. The van der Waals surface area contributed by atoms with Crippen LogP contribution in [0.1, 0.15) is 0 Å². The molecule has 2 N–H and O–H groups in total. The zero-order valence-corrected chi connectivity index (χ0v) is 12.5. The standard InChI is InChI=1S/C11H12Cl2N4OS/c1-19-11-16-15-10(14)17(11)5-6-18-9-7(12)3-2-4-8(9)13/h2-4H,5-6H2,1H3,(H2,14,15). The molecule has 0 fully saturated rings. The molecule has 19 heavy (non-hydrogen) atoms. The number of nitrogens with two attached hydrogens (primary N) is 1. The second kappa shape index (κ2) is 6.36. The maximum atomic E-state index is 6.01. The first-order valence-corrected chi connectivity index (χ1v) is 7.41. The third-order valence-electron chi connectivity index (χ3n) is 2.41. The average Bonchev–Trinajstić information content (AvgIpc) is 2.74. The number of aromatic nitrogens is 3. The number of rotatable bonds is 5. The first-order valence-electron chi connectivity index (χ1n) is 5.43.